The van der Waals surface area contributed by atoms with Crippen molar-refractivity contribution in [2.24, 2.45) is 0 Å². The van der Waals surface area contributed by atoms with Gasteiger partial charge in [-0.15, -0.1) is 0 Å². The molecule has 0 saturated carbocycles. The second-order valence-corrected chi connectivity index (χ2v) is 16.4. The van der Waals surface area contributed by atoms with Crippen LogP contribution in [0.25, 0.3) is 0 Å². The summed E-state index contributed by atoms with van der Waals surface area (Å²) in [6.45, 7) is 6.37. The summed E-state index contributed by atoms with van der Waals surface area (Å²) in [5, 5.41) is 0. The summed E-state index contributed by atoms with van der Waals surface area (Å²) in [5.74, 6) is -1.07. The van der Waals surface area contributed by atoms with Crippen LogP contribution in [-0.2, 0) is 28.6 Å². The quantitative estimate of drug-likeness (QED) is 0.0263. The van der Waals surface area contributed by atoms with Crippen LogP contribution in [0.1, 0.15) is 220 Å². The van der Waals surface area contributed by atoms with Gasteiger partial charge in [0.1, 0.15) is 13.2 Å². The van der Waals surface area contributed by atoms with E-state index in [4.69, 9.17) is 14.2 Å². The van der Waals surface area contributed by atoms with E-state index in [9.17, 15) is 14.4 Å². The molecule has 0 bridgehead atoms. The highest BCUT2D eigenvalue weighted by Gasteiger charge is 2.19. The van der Waals surface area contributed by atoms with Crippen LogP contribution in [-0.4, -0.2) is 37.2 Å². The summed E-state index contributed by atoms with van der Waals surface area (Å²) in [6, 6.07) is 0. The van der Waals surface area contributed by atoms with Gasteiger partial charge in [0.05, 0.1) is 6.42 Å². The van der Waals surface area contributed by atoms with Crippen LogP contribution in [0.2, 0.25) is 0 Å². The van der Waals surface area contributed by atoms with Gasteiger partial charge in [0, 0.05) is 12.8 Å². The number of hydrogen-bond acceptors (Lipinski definition) is 6. The van der Waals surface area contributed by atoms with Crippen molar-refractivity contribution in [3.8, 4) is 0 Å². The first-order valence-electron chi connectivity index (χ1n) is 25.2. The molecule has 0 aliphatic heterocycles. The van der Waals surface area contributed by atoms with Crippen molar-refractivity contribution >= 4 is 17.9 Å². The fraction of sp³-hybridized carbons (Fsp3) is 0.661. The Bertz CT molecular complexity index is 1260. The van der Waals surface area contributed by atoms with Crippen molar-refractivity contribution in [3.63, 3.8) is 0 Å². The summed E-state index contributed by atoms with van der Waals surface area (Å²) >= 11 is 0. The first kappa shape index (κ1) is 58.3. The lowest BCUT2D eigenvalue weighted by atomic mass is 10.1. The van der Waals surface area contributed by atoms with Gasteiger partial charge in [0.15, 0.2) is 6.10 Å². The van der Waals surface area contributed by atoms with Crippen LogP contribution in [0.3, 0.4) is 0 Å². The Hall–Kier alpha value is -3.67. The zero-order valence-electron chi connectivity index (χ0n) is 40.1. The molecule has 0 heterocycles. The number of ether oxygens (including phenoxy) is 3. The molecule has 1 atom stereocenters. The molecule has 0 aromatic rings. The van der Waals surface area contributed by atoms with E-state index in [-0.39, 0.29) is 31.6 Å². The predicted octanol–water partition coefficient (Wildman–Crippen LogP) is 16.6. The van der Waals surface area contributed by atoms with Crippen molar-refractivity contribution in [1.29, 1.82) is 0 Å². The molecule has 0 aromatic heterocycles. The third-order valence-electron chi connectivity index (χ3n) is 10.4. The van der Waals surface area contributed by atoms with Crippen LogP contribution in [0.5, 0.6) is 0 Å². The largest absolute Gasteiger partial charge is 0.462 e. The van der Waals surface area contributed by atoms with E-state index in [0.29, 0.717) is 12.8 Å². The Morgan fingerprint density at radius 1 is 0.355 bits per heavy atom. The van der Waals surface area contributed by atoms with E-state index in [1.165, 1.54) is 83.5 Å². The Kier molecular flexibility index (Phi) is 47.0. The van der Waals surface area contributed by atoms with Crippen LogP contribution < -0.4 is 0 Å². The lowest BCUT2D eigenvalue weighted by Crippen LogP contribution is -2.30. The van der Waals surface area contributed by atoms with Gasteiger partial charge in [-0.25, -0.2) is 0 Å². The summed E-state index contributed by atoms with van der Waals surface area (Å²) in [4.78, 5) is 37.8. The van der Waals surface area contributed by atoms with Gasteiger partial charge in [-0.1, -0.05) is 214 Å². The minimum absolute atomic E-state index is 0.0928. The molecule has 0 amide bonds. The molecule has 0 aromatic carbocycles. The normalized spacial score (nSPS) is 12.9. The Labute approximate surface area is 381 Å². The average Bonchev–Trinajstić information content (AvgIpc) is 3.27. The lowest BCUT2D eigenvalue weighted by molar-refractivity contribution is -0.166. The van der Waals surface area contributed by atoms with Gasteiger partial charge >= 0.3 is 17.9 Å². The molecule has 6 nitrogen and oxygen atoms in total. The highest BCUT2D eigenvalue weighted by molar-refractivity contribution is 5.72. The minimum atomic E-state index is -0.835. The number of esters is 3. The summed E-state index contributed by atoms with van der Waals surface area (Å²) in [5.41, 5.74) is 0. The molecule has 0 spiro atoms. The van der Waals surface area contributed by atoms with Crippen molar-refractivity contribution < 1.29 is 28.6 Å². The first-order valence-corrected chi connectivity index (χ1v) is 25.2. The predicted molar refractivity (Wildman–Crippen MR) is 265 cm³/mol. The van der Waals surface area contributed by atoms with E-state index in [0.717, 1.165) is 96.3 Å². The molecule has 62 heavy (non-hydrogen) atoms. The fourth-order valence-corrected chi connectivity index (χ4v) is 6.58. The Balaban J connectivity index is 4.49. The maximum atomic E-state index is 12.7. The molecule has 0 aliphatic carbocycles. The summed E-state index contributed by atoms with van der Waals surface area (Å²) < 4.78 is 16.6. The smallest absolute Gasteiger partial charge is 0.310 e. The van der Waals surface area contributed by atoms with E-state index < -0.39 is 12.1 Å². The number of allylic oxidation sites excluding steroid dienone is 15. The van der Waals surface area contributed by atoms with Crippen molar-refractivity contribution in [2.75, 3.05) is 13.2 Å². The number of carbonyl (C=O) groups excluding carboxylic acids is 3. The van der Waals surface area contributed by atoms with Gasteiger partial charge < -0.3 is 14.2 Å². The van der Waals surface area contributed by atoms with Gasteiger partial charge in [-0.05, 0) is 83.5 Å². The van der Waals surface area contributed by atoms with E-state index in [1.807, 2.05) is 6.08 Å². The van der Waals surface area contributed by atoms with Crippen molar-refractivity contribution in [2.45, 2.75) is 226 Å². The topological polar surface area (TPSA) is 78.9 Å². The maximum absolute atomic E-state index is 12.7. The van der Waals surface area contributed by atoms with Crippen LogP contribution in [0, 0.1) is 0 Å². The number of carbonyl (C=O) groups is 3. The van der Waals surface area contributed by atoms with Crippen LogP contribution in [0.4, 0.5) is 0 Å². The molecule has 6 heteroatoms. The average molecular weight is 861 g/mol. The third kappa shape index (κ3) is 47.4. The highest BCUT2D eigenvalue weighted by atomic mass is 16.6. The minimum Gasteiger partial charge on any atom is -0.462 e. The molecule has 0 aliphatic rings. The van der Waals surface area contributed by atoms with E-state index in [2.05, 4.69) is 106 Å². The van der Waals surface area contributed by atoms with Crippen LogP contribution in [0.15, 0.2) is 97.2 Å². The van der Waals surface area contributed by atoms with Gasteiger partial charge in [0.25, 0.3) is 0 Å². The molecule has 0 radical (unpaired) electrons. The first-order chi connectivity index (χ1) is 30.5. The van der Waals surface area contributed by atoms with E-state index >= 15 is 0 Å². The number of rotatable bonds is 44. The standard InChI is InChI=1S/C56H92O6/c1-4-7-10-13-16-19-22-24-26-27-28-29-31-32-34-37-40-43-46-49-55(58)61-52-53(51-60-54(57)48-45-42-39-36-21-18-15-12-9-6-3)62-56(59)50-47-44-41-38-35-33-30-25-23-20-17-14-11-8-5-2/h8,11,16-17,19-20,24-26,28-30,35,38,44,47,53H,4-7,9-10,12-15,18,21-23,27,31-34,36-37,39-43,45-46,48-52H2,1-3H3/b11-8-,19-16-,20-17-,26-24-,29-28-,30-25-,38-35-,47-44-. The number of unbranched alkanes of at least 4 members (excludes halogenated alkanes) is 18. The van der Waals surface area contributed by atoms with Crippen LogP contribution >= 0.6 is 0 Å². The van der Waals surface area contributed by atoms with Crippen molar-refractivity contribution in [3.05, 3.63) is 97.2 Å². The molecule has 352 valence electrons. The maximum Gasteiger partial charge on any atom is 0.310 e. The Morgan fingerprint density at radius 3 is 1.10 bits per heavy atom. The Morgan fingerprint density at radius 2 is 0.677 bits per heavy atom. The fourth-order valence-electron chi connectivity index (χ4n) is 6.58. The monoisotopic (exact) mass is 861 g/mol. The highest BCUT2D eigenvalue weighted by Crippen LogP contribution is 2.13. The molecule has 0 saturated heterocycles. The van der Waals surface area contributed by atoms with Gasteiger partial charge in [-0.3, -0.25) is 14.4 Å². The van der Waals surface area contributed by atoms with Gasteiger partial charge in [0.2, 0.25) is 0 Å². The molecular formula is C56H92O6. The molecule has 0 N–H and O–H groups in total. The van der Waals surface area contributed by atoms with Crippen molar-refractivity contribution in [1.82, 2.24) is 0 Å². The zero-order chi connectivity index (χ0) is 45.1. The second kappa shape index (κ2) is 50.0. The van der Waals surface area contributed by atoms with E-state index in [1.54, 1.807) is 6.08 Å². The molecule has 1 unspecified atom stereocenters. The summed E-state index contributed by atoms with van der Waals surface area (Å²) in [6.07, 6.45) is 65.6. The molecule has 0 fully saturated rings. The molecule has 0 rings (SSSR count). The summed E-state index contributed by atoms with van der Waals surface area (Å²) in [7, 11) is 0. The lowest BCUT2D eigenvalue weighted by Gasteiger charge is -2.18. The molecular weight excluding hydrogens is 769 g/mol. The zero-order valence-corrected chi connectivity index (χ0v) is 40.1. The second-order valence-electron chi connectivity index (χ2n) is 16.4. The van der Waals surface area contributed by atoms with Gasteiger partial charge in [-0.2, -0.15) is 0 Å². The SMILES string of the molecule is CC/C=C\C/C=C\C/C=C\C/C=C\C/C=C\CC(=O)OC(COC(=O)CCCCCCCC/C=C\C/C=C\C/C=C\CCCCC)COC(=O)CCCCCCCCCCCC. The number of hydrogen-bond donors (Lipinski definition) is 0. The third-order valence-corrected chi connectivity index (χ3v) is 10.4.